The first-order chi connectivity index (χ1) is 8.11. The minimum absolute atomic E-state index is 0.220. The lowest BCUT2D eigenvalue weighted by atomic mass is 10.1. The van der Waals surface area contributed by atoms with Crippen LogP contribution in [0.25, 0.3) is 0 Å². The fourth-order valence-corrected chi connectivity index (χ4v) is 1.44. The number of aromatic nitrogens is 1. The quantitative estimate of drug-likeness (QED) is 0.339. The third-order valence-corrected chi connectivity index (χ3v) is 2.29. The normalized spacial score (nSPS) is 11.5. The number of aliphatic imine (C=N–C) groups is 1. The molecule has 1 rings (SSSR count). The third kappa shape index (κ3) is 5.40. The van der Waals surface area contributed by atoms with Gasteiger partial charge in [0.15, 0.2) is 0 Å². The number of halogens is 1. The fraction of sp³-hybridized carbons (Fsp3) is 0.455. The van der Waals surface area contributed by atoms with Crippen LogP contribution in [0.15, 0.2) is 23.3 Å². The number of rotatable bonds is 6. The maximum absolute atomic E-state index is 10.5. The monoisotopic (exact) mass is 255 g/mol. The van der Waals surface area contributed by atoms with Crippen LogP contribution in [0.3, 0.4) is 0 Å². The highest BCUT2D eigenvalue weighted by Crippen LogP contribution is 2.06. The van der Waals surface area contributed by atoms with E-state index in [2.05, 4.69) is 9.98 Å². The van der Waals surface area contributed by atoms with Gasteiger partial charge in [-0.3, -0.25) is 15.1 Å². The van der Waals surface area contributed by atoms with E-state index < -0.39 is 0 Å². The molecule has 0 N–H and O–H groups in total. The molecule has 0 aliphatic heterocycles. The number of hydrogen-bond donors (Lipinski definition) is 0. The smallest absolute Gasteiger partial charge is 0.241 e. The van der Waals surface area contributed by atoms with Crippen LogP contribution in [0.2, 0.25) is 5.15 Å². The Morgan fingerprint density at radius 3 is 2.88 bits per heavy atom. The van der Waals surface area contributed by atoms with E-state index in [-0.39, 0.29) is 11.5 Å². The molecular weight excluding hydrogens is 242 g/mol. The highest BCUT2D eigenvalue weighted by atomic mass is 35.5. The zero-order valence-electron chi connectivity index (χ0n) is 9.60. The van der Waals surface area contributed by atoms with Gasteiger partial charge in [-0.05, 0) is 18.1 Å². The summed E-state index contributed by atoms with van der Waals surface area (Å²) in [5.41, 5.74) is 1.45. The summed E-state index contributed by atoms with van der Waals surface area (Å²) in [6.07, 6.45) is 2.94. The minimum Gasteiger partial charge on any atom is -0.287 e. The van der Waals surface area contributed by atoms with Crippen molar-refractivity contribution in [3.05, 3.63) is 39.2 Å². The molecule has 1 aromatic heterocycles. The van der Waals surface area contributed by atoms with Gasteiger partial charge in [0.1, 0.15) is 5.15 Å². The van der Waals surface area contributed by atoms with Gasteiger partial charge >= 0.3 is 0 Å². The second kappa shape index (κ2) is 6.96. The average molecular weight is 256 g/mol. The predicted octanol–water partition coefficient (Wildman–Crippen LogP) is 2.41. The Hall–Kier alpha value is -1.49. The van der Waals surface area contributed by atoms with E-state index in [1.54, 1.807) is 18.3 Å². The zero-order chi connectivity index (χ0) is 12.7. The second-order valence-corrected chi connectivity index (χ2v) is 3.99. The van der Waals surface area contributed by atoms with E-state index >= 15 is 0 Å². The van der Waals surface area contributed by atoms with Crippen LogP contribution in [-0.4, -0.2) is 28.7 Å². The fourth-order valence-electron chi connectivity index (χ4n) is 1.33. The van der Waals surface area contributed by atoms with E-state index in [0.29, 0.717) is 23.8 Å². The van der Waals surface area contributed by atoms with Gasteiger partial charge in [-0.15, -0.1) is 0 Å². The topological polar surface area (TPSA) is 68.4 Å². The van der Waals surface area contributed by atoms with Crippen molar-refractivity contribution in [1.29, 1.82) is 0 Å². The number of pyridine rings is 1. The van der Waals surface area contributed by atoms with Crippen LogP contribution < -0.4 is 0 Å². The van der Waals surface area contributed by atoms with Gasteiger partial charge < -0.3 is 0 Å². The van der Waals surface area contributed by atoms with Crippen molar-refractivity contribution >= 4 is 17.3 Å². The van der Waals surface area contributed by atoms with E-state index in [4.69, 9.17) is 11.6 Å². The van der Waals surface area contributed by atoms with Crippen LogP contribution >= 0.6 is 11.6 Å². The number of nitro groups is 1. The molecule has 92 valence electrons. The van der Waals surface area contributed by atoms with Crippen molar-refractivity contribution in [3.63, 3.8) is 0 Å². The largest absolute Gasteiger partial charge is 0.287 e. The lowest BCUT2D eigenvalue weighted by molar-refractivity contribution is -0.463. The summed E-state index contributed by atoms with van der Waals surface area (Å²) in [6.45, 7) is 2.38. The van der Waals surface area contributed by atoms with Crippen molar-refractivity contribution in [1.82, 2.24) is 4.98 Å². The predicted molar refractivity (Wildman–Crippen MR) is 67.4 cm³/mol. The van der Waals surface area contributed by atoms with Crippen LogP contribution in [0.5, 0.6) is 0 Å². The molecule has 0 fully saturated rings. The van der Waals surface area contributed by atoms with Gasteiger partial charge in [-0.2, -0.15) is 0 Å². The molecule has 0 amide bonds. The first-order valence-electron chi connectivity index (χ1n) is 5.36. The molecule has 0 radical (unpaired) electrons. The molecule has 17 heavy (non-hydrogen) atoms. The van der Waals surface area contributed by atoms with E-state index in [1.807, 2.05) is 6.92 Å². The summed E-state index contributed by atoms with van der Waals surface area (Å²) in [7, 11) is 0. The van der Waals surface area contributed by atoms with Crippen molar-refractivity contribution < 1.29 is 4.92 Å². The zero-order valence-corrected chi connectivity index (χ0v) is 10.4. The van der Waals surface area contributed by atoms with Crippen molar-refractivity contribution in [2.45, 2.75) is 19.8 Å². The lowest BCUT2D eigenvalue weighted by Crippen LogP contribution is -2.17. The van der Waals surface area contributed by atoms with Gasteiger partial charge in [-0.25, -0.2) is 4.98 Å². The maximum atomic E-state index is 10.5. The van der Waals surface area contributed by atoms with Crippen molar-refractivity contribution in [3.8, 4) is 0 Å². The van der Waals surface area contributed by atoms with Crippen molar-refractivity contribution in [2.24, 2.45) is 4.99 Å². The van der Waals surface area contributed by atoms with Crippen LogP contribution in [0, 0.1) is 10.1 Å². The van der Waals surface area contributed by atoms with Crippen LogP contribution in [0.1, 0.15) is 18.9 Å². The Morgan fingerprint density at radius 2 is 2.35 bits per heavy atom. The molecule has 5 nitrogen and oxygen atoms in total. The molecule has 1 aromatic rings. The Kier molecular flexibility index (Phi) is 5.56. The molecular formula is C11H14ClN3O2. The lowest BCUT2D eigenvalue weighted by Gasteiger charge is -2.02. The molecule has 0 atom stereocenters. The molecule has 0 bridgehead atoms. The molecule has 0 unspecified atom stereocenters. The van der Waals surface area contributed by atoms with Gasteiger partial charge in [0.05, 0.1) is 5.71 Å². The van der Waals surface area contributed by atoms with Gasteiger partial charge in [0.2, 0.25) is 6.54 Å². The summed E-state index contributed by atoms with van der Waals surface area (Å²) in [5.74, 6) is 0. The van der Waals surface area contributed by atoms with Gasteiger partial charge in [0, 0.05) is 24.1 Å². The van der Waals surface area contributed by atoms with Gasteiger partial charge in [-0.1, -0.05) is 24.6 Å². The maximum Gasteiger partial charge on any atom is 0.241 e. The van der Waals surface area contributed by atoms with Crippen LogP contribution in [0.4, 0.5) is 0 Å². The Bertz CT molecular complexity index is 404. The highest BCUT2D eigenvalue weighted by Gasteiger charge is 2.08. The highest BCUT2D eigenvalue weighted by molar-refractivity contribution is 6.29. The number of nitrogens with zero attached hydrogens (tertiary/aromatic N) is 3. The first kappa shape index (κ1) is 13.6. The molecule has 1 heterocycles. The molecule has 0 saturated heterocycles. The summed E-state index contributed by atoms with van der Waals surface area (Å²) in [4.78, 5) is 18.3. The average Bonchev–Trinajstić information content (AvgIpc) is 2.28. The van der Waals surface area contributed by atoms with Crippen molar-refractivity contribution in [2.75, 3.05) is 13.1 Å². The van der Waals surface area contributed by atoms with E-state index in [0.717, 1.165) is 12.0 Å². The molecule has 0 saturated carbocycles. The Labute approximate surface area is 105 Å². The minimum atomic E-state index is -0.363. The molecule has 6 heteroatoms. The second-order valence-electron chi connectivity index (χ2n) is 3.60. The van der Waals surface area contributed by atoms with Gasteiger partial charge in [0.25, 0.3) is 0 Å². The molecule has 0 spiro atoms. The Balaban J connectivity index is 2.71. The number of hydrogen-bond acceptors (Lipinski definition) is 4. The molecule has 0 aliphatic carbocycles. The van der Waals surface area contributed by atoms with E-state index in [9.17, 15) is 10.1 Å². The summed E-state index contributed by atoms with van der Waals surface area (Å²) >= 11 is 5.67. The summed E-state index contributed by atoms with van der Waals surface area (Å²) < 4.78 is 0. The SMILES string of the molecule is CCCN=C(Cc1ccc(Cl)nc1)C[N+](=O)[O-]. The summed E-state index contributed by atoms with van der Waals surface area (Å²) in [5, 5.41) is 10.9. The standard InChI is InChI=1S/C11H14ClN3O2/c1-2-5-13-10(8-15(16)17)6-9-3-4-11(12)14-7-9/h3-4,7H,2,5-6,8H2,1H3. The summed E-state index contributed by atoms with van der Waals surface area (Å²) in [6, 6.07) is 3.47. The Morgan fingerprint density at radius 1 is 1.59 bits per heavy atom. The van der Waals surface area contributed by atoms with Crippen LogP contribution in [-0.2, 0) is 6.42 Å². The molecule has 0 aliphatic rings. The molecule has 0 aromatic carbocycles. The van der Waals surface area contributed by atoms with E-state index in [1.165, 1.54) is 0 Å². The third-order valence-electron chi connectivity index (χ3n) is 2.07. The first-order valence-corrected chi connectivity index (χ1v) is 5.74.